The van der Waals surface area contributed by atoms with Crippen LogP contribution in [-0.2, 0) is 0 Å². The molecule has 0 aliphatic carbocycles. The van der Waals surface area contributed by atoms with Crippen molar-refractivity contribution < 1.29 is 9.90 Å². The molecule has 0 aliphatic rings. The Morgan fingerprint density at radius 2 is 2.05 bits per heavy atom. The highest BCUT2D eigenvalue weighted by molar-refractivity contribution is 6.39. The van der Waals surface area contributed by atoms with Gasteiger partial charge in [0.05, 0.1) is 10.6 Å². The molecule has 114 valence electrons. The van der Waals surface area contributed by atoms with Crippen molar-refractivity contribution in [3.05, 3.63) is 33.9 Å². The van der Waals surface area contributed by atoms with E-state index in [9.17, 15) is 9.90 Å². The lowest BCUT2D eigenvalue weighted by atomic mass is 10.1. The van der Waals surface area contributed by atoms with Crippen molar-refractivity contribution in [1.29, 1.82) is 0 Å². The second-order valence-corrected chi connectivity index (χ2v) is 6.45. The van der Waals surface area contributed by atoms with E-state index in [1.54, 1.807) is 36.9 Å². The van der Waals surface area contributed by atoms with Crippen molar-refractivity contribution in [2.24, 2.45) is 0 Å². The van der Waals surface area contributed by atoms with Crippen molar-refractivity contribution in [1.82, 2.24) is 9.88 Å². The van der Waals surface area contributed by atoms with Gasteiger partial charge in [0.25, 0.3) is 5.91 Å². The molecule has 0 unspecified atom stereocenters. The topological polar surface area (TPSA) is 56.3 Å². The van der Waals surface area contributed by atoms with Gasteiger partial charge >= 0.3 is 0 Å². The lowest BCUT2D eigenvalue weighted by Gasteiger charge is -2.27. The second-order valence-electron chi connectivity index (χ2n) is 5.64. The first-order chi connectivity index (χ1) is 9.73. The third kappa shape index (κ3) is 3.51. The van der Waals surface area contributed by atoms with E-state index in [2.05, 4.69) is 4.98 Å². The normalized spacial score (nSPS) is 11.9. The summed E-state index contributed by atoms with van der Waals surface area (Å²) in [4.78, 5) is 17.2. The molecule has 2 rings (SSSR count). The van der Waals surface area contributed by atoms with E-state index in [1.165, 1.54) is 0 Å². The molecule has 6 heteroatoms. The second kappa shape index (κ2) is 5.87. The summed E-state index contributed by atoms with van der Waals surface area (Å²) in [7, 11) is 0. The maximum atomic E-state index is 12.6. The van der Waals surface area contributed by atoms with Crippen molar-refractivity contribution >= 4 is 40.0 Å². The molecule has 21 heavy (non-hydrogen) atoms. The first-order valence-corrected chi connectivity index (χ1v) is 7.47. The summed E-state index contributed by atoms with van der Waals surface area (Å²) in [5.41, 5.74) is 0.111. The van der Waals surface area contributed by atoms with Crippen LogP contribution in [0, 0.1) is 0 Å². The number of hydrogen-bond donors (Lipinski definition) is 2. The minimum Gasteiger partial charge on any atom is -0.389 e. The number of H-pyrrole nitrogens is 1. The van der Waals surface area contributed by atoms with Crippen LogP contribution in [0.3, 0.4) is 0 Å². The molecule has 0 bridgehead atoms. The van der Waals surface area contributed by atoms with Crippen molar-refractivity contribution in [3.8, 4) is 0 Å². The Morgan fingerprint density at radius 3 is 2.62 bits per heavy atom. The molecule has 1 aromatic carbocycles. The number of carbonyl (C=O) groups excluding carboxylic acids is 1. The molecule has 0 saturated heterocycles. The number of aromatic amines is 1. The van der Waals surface area contributed by atoms with Gasteiger partial charge in [-0.25, -0.2) is 0 Å². The molecule has 0 fully saturated rings. The molecule has 0 spiro atoms. The largest absolute Gasteiger partial charge is 0.389 e. The Hall–Kier alpha value is -1.23. The molecule has 0 saturated carbocycles. The third-order valence-corrected chi connectivity index (χ3v) is 3.79. The number of nitrogens with one attached hydrogen (secondary N) is 1. The SMILES string of the molecule is CCN(CC(C)(C)O)C(=O)c1[nH]c2ccc(Cl)cc2c1Cl. The van der Waals surface area contributed by atoms with Crippen LogP contribution >= 0.6 is 23.2 Å². The Kier molecular flexibility index (Phi) is 4.51. The van der Waals surface area contributed by atoms with Gasteiger partial charge in [-0.15, -0.1) is 0 Å². The number of aliphatic hydroxyl groups is 1. The maximum Gasteiger partial charge on any atom is 0.271 e. The van der Waals surface area contributed by atoms with E-state index >= 15 is 0 Å². The number of fused-ring (bicyclic) bond motifs is 1. The molecule has 0 radical (unpaired) electrons. The van der Waals surface area contributed by atoms with Crippen LogP contribution in [0.15, 0.2) is 18.2 Å². The number of likely N-dealkylation sites (N-methyl/N-ethyl adjacent to an activating group) is 1. The van der Waals surface area contributed by atoms with Gasteiger partial charge in [-0.2, -0.15) is 0 Å². The van der Waals surface area contributed by atoms with Gasteiger partial charge in [-0.3, -0.25) is 4.79 Å². The summed E-state index contributed by atoms with van der Waals surface area (Å²) in [6.45, 7) is 5.90. The number of amides is 1. The Morgan fingerprint density at radius 1 is 1.38 bits per heavy atom. The van der Waals surface area contributed by atoms with E-state index < -0.39 is 5.60 Å². The Balaban J connectivity index is 2.40. The number of nitrogens with zero attached hydrogens (tertiary/aromatic N) is 1. The lowest BCUT2D eigenvalue weighted by Crippen LogP contribution is -2.42. The Labute approximate surface area is 133 Å². The minimum absolute atomic E-state index is 0.231. The highest BCUT2D eigenvalue weighted by Crippen LogP contribution is 2.30. The summed E-state index contributed by atoms with van der Waals surface area (Å²) >= 11 is 12.3. The summed E-state index contributed by atoms with van der Waals surface area (Å²) in [5, 5.41) is 11.5. The van der Waals surface area contributed by atoms with Crippen LogP contribution in [0.2, 0.25) is 10.0 Å². The van der Waals surface area contributed by atoms with E-state index in [0.29, 0.717) is 27.7 Å². The molecule has 0 aliphatic heterocycles. The van der Waals surface area contributed by atoms with E-state index in [0.717, 1.165) is 5.52 Å². The van der Waals surface area contributed by atoms with Crippen LogP contribution in [0.5, 0.6) is 0 Å². The molecule has 1 aromatic heterocycles. The monoisotopic (exact) mass is 328 g/mol. The van der Waals surface area contributed by atoms with Crippen LogP contribution in [0.4, 0.5) is 0 Å². The summed E-state index contributed by atoms with van der Waals surface area (Å²) < 4.78 is 0. The standard InChI is InChI=1S/C15H18Cl2N2O2/c1-4-19(8-15(2,3)21)14(20)13-12(17)10-7-9(16)5-6-11(10)18-13/h5-7,18,21H,4,8H2,1-3H3. The van der Waals surface area contributed by atoms with Crippen LogP contribution in [0.1, 0.15) is 31.3 Å². The molecule has 1 amide bonds. The average molecular weight is 329 g/mol. The lowest BCUT2D eigenvalue weighted by molar-refractivity contribution is 0.0312. The van der Waals surface area contributed by atoms with Crippen molar-refractivity contribution in [2.45, 2.75) is 26.4 Å². The summed E-state index contributed by atoms with van der Waals surface area (Å²) in [6, 6.07) is 5.24. The number of carbonyl (C=O) groups is 1. The quantitative estimate of drug-likeness (QED) is 0.898. The summed E-state index contributed by atoms with van der Waals surface area (Å²) in [6.07, 6.45) is 0. The number of hydrogen-bond acceptors (Lipinski definition) is 2. The van der Waals surface area contributed by atoms with Gasteiger partial charge in [0.15, 0.2) is 0 Å². The third-order valence-electron chi connectivity index (χ3n) is 3.16. The smallest absolute Gasteiger partial charge is 0.271 e. The highest BCUT2D eigenvalue weighted by Gasteiger charge is 2.25. The number of aromatic nitrogens is 1. The maximum absolute atomic E-state index is 12.6. The van der Waals surface area contributed by atoms with Crippen LogP contribution < -0.4 is 0 Å². The van der Waals surface area contributed by atoms with E-state index in [-0.39, 0.29) is 12.5 Å². The molecule has 4 nitrogen and oxygen atoms in total. The van der Waals surface area contributed by atoms with Crippen LogP contribution in [-0.4, -0.2) is 39.6 Å². The first kappa shape index (κ1) is 16.1. The molecule has 1 heterocycles. The van der Waals surface area contributed by atoms with Crippen LogP contribution in [0.25, 0.3) is 10.9 Å². The zero-order valence-electron chi connectivity index (χ0n) is 12.2. The van der Waals surface area contributed by atoms with Gasteiger partial charge in [0, 0.05) is 29.0 Å². The van der Waals surface area contributed by atoms with Gasteiger partial charge in [-0.05, 0) is 39.0 Å². The van der Waals surface area contributed by atoms with Gasteiger partial charge in [0.2, 0.25) is 0 Å². The zero-order valence-corrected chi connectivity index (χ0v) is 13.7. The number of rotatable bonds is 4. The molecular formula is C15H18Cl2N2O2. The molecule has 0 atom stereocenters. The average Bonchev–Trinajstić information content (AvgIpc) is 2.71. The molecule has 2 N–H and O–H groups in total. The number of benzene rings is 1. The van der Waals surface area contributed by atoms with Gasteiger partial charge in [-0.1, -0.05) is 23.2 Å². The van der Waals surface area contributed by atoms with Crippen molar-refractivity contribution in [2.75, 3.05) is 13.1 Å². The molecule has 2 aromatic rings. The minimum atomic E-state index is -0.965. The Bertz CT molecular complexity index is 674. The van der Waals surface area contributed by atoms with Gasteiger partial charge in [0.1, 0.15) is 5.69 Å². The van der Waals surface area contributed by atoms with Crippen molar-refractivity contribution in [3.63, 3.8) is 0 Å². The number of halogens is 2. The summed E-state index contributed by atoms with van der Waals surface area (Å²) in [5.74, 6) is -0.239. The fraction of sp³-hybridized carbons (Fsp3) is 0.400. The zero-order chi connectivity index (χ0) is 15.8. The van der Waals surface area contributed by atoms with Gasteiger partial charge < -0.3 is 15.0 Å². The first-order valence-electron chi connectivity index (χ1n) is 6.71. The molecular weight excluding hydrogens is 311 g/mol. The highest BCUT2D eigenvalue weighted by atomic mass is 35.5. The fourth-order valence-corrected chi connectivity index (χ4v) is 2.69. The fourth-order valence-electron chi connectivity index (χ4n) is 2.23. The van der Waals surface area contributed by atoms with E-state index in [4.69, 9.17) is 23.2 Å². The predicted octanol–water partition coefficient (Wildman–Crippen LogP) is 3.71. The van der Waals surface area contributed by atoms with E-state index in [1.807, 2.05) is 6.92 Å². The predicted molar refractivity (Wildman–Crippen MR) is 86.2 cm³/mol.